The highest BCUT2D eigenvalue weighted by Gasteiger charge is 2.30. The summed E-state index contributed by atoms with van der Waals surface area (Å²) >= 11 is 0. The van der Waals surface area contributed by atoms with Crippen LogP contribution in [0.25, 0.3) is 0 Å². The highest BCUT2D eigenvalue weighted by molar-refractivity contribution is 5.96. The molecule has 0 bridgehead atoms. The molecule has 0 unspecified atom stereocenters. The number of nitrogens with one attached hydrogen (secondary N) is 1. The van der Waals surface area contributed by atoms with Gasteiger partial charge < -0.3 is 15.0 Å². The predicted octanol–water partition coefficient (Wildman–Crippen LogP) is 2.28. The molecule has 1 aliphatic carbocycles. The fourth-order valence-corrected chi connectivity index (χ4v) is 2.81. The maximum absolute atomic E-state index is 12.5. The van der Waals surface area contributed by atoms with Crippen LogP contribution in [0.15, 0.2) is 24.3 Å². The number of carbonyl (C=O) groups is 2. The highest BCUT2D eigenvalue weighted by atomic mass is 16.5. The fraction of sp³-hybridized carbons (Fsp3) is 0.529. The first-order chi connectivity index (χ1) is 10.5. The number of benzene rings is 1. The number of hydrogen-bond acceptors (Lipinski definition) is 3. The lowest BCUT2D eigenvalue weighted by molar-refractivity contribution is -0.117. The van der Waals surface area contributed by atoms with Crippen LogP contribution in [0.5, 0.6) is 0 Å². The predicted molar refractivity (Wildman–Crippen MR) is 83.7 cm³/mol. The molecular formula is C17H22N2O3. The minimum absolute atomic E-state index is 0.0158. The zero-order valence-corrected chi connectivity index (χ0v) is 13.0. The quantitative estimate of drug-likeness (QED) is 0.932. The molecule has 2 aliphatic rings. The highest BCUT2D eigenvalue weighted by Crippen LogP contribution is 2.30. The van der Waals surface area contributed by atoms with Gasteiger partial charge in [0, 0.05) is 30.3 Å². The molecule has 1 saturated heterocycles. The maximum Gasteiger partial charge on any atom is 0.254 e. The average molecular weight is 302 g/mol. The molecule has 1 heterocycles. The Morgan fingerprint density at radius 1 is 1.09 bits per heavy atom. The maximum atomic E-state index is 12.5. The Balaban J connectivity index is 1.64. The van der Waals surface area contributed by atoms with Crippen molar-refractivity contribution in [2.75, 3.05) is 18.4 Å². The summed E-state index contributed by atoms with van der Waals surface area (Å²) in [5.74, 6) is 0.273. The van der Waals surface area contributed by atoms with E-state index in [2.05, 4.69) is 5.32 Å². The summed E-state index contributed by atoms with van der Waals surface area (Å²) in [6.45, 7) is 5.19. The van der Waals surface area contributed by atoms with Gasteiger partial charge in [0.1, 0.15) is 0 Å². The van der Waals surface area contributed by atoms with Gasteiger partial charge in [-0.2, -0.15) is 0 Å². The summed E-state index contributed by atoms with van der Waals surface area (Å²) in [7, 11) is 0. The summed E-state index contributed by atoms with van der Waals surface area (Å²) < 4.78 is 5.65. The first-order valence-corrected chi connectivity index (χ1v) is 7.88. The smallest absolute Gasteiger partial charge is 0.254 e. The van der Waals surface area contributed by atoms with E-state index in [1.807, 2.05) is 18.7 Å². The SMILES string of the molecule is C[C@@H]1CN(C(=O)c2ccc(NC(=O)C3CC3)cc2)C[C@@H](C)O1. The van der Waals surface area contributed by atoms with E-state index in [0.29, 0.717) is 18.7 Å². The molecule has 118 valence electrons. The van der Waals surface area contributed by atoms with Crippen LogP contribution in [-0.4, -0.2) is 42.0 Å². The first-order valence-electron chi connectivity index (χ1n) is 7.88. The lowest BCUT2D eigenvalue weighted by Crippen LogP contribution is -2.48. The van der Waals surface area contributed by atoms with E-state index in [9.17, 15) is 9.59 Å². The van der Waals surface area contributed by atoms with E-state index >= 15 is 0 Å². The van der Waals surface area contributed by atoms with Gasteiger partial charge in [-0.25, -0.2) is 0 Å². The van der Waals surface area contributed by atoms with Crippen LogP contribution >= 0.6 is 0 Å². The van der Waals surface area contributed by atoms with Gasteiger partial charge in [0.25, 0.3) is 5.91 Å². The Morgan fingerprint density at radius 2 is 1.68 bits per heavy atom. The van der Waals surface area contributed by atoms with Crippen molar-refractivity contribution in [1.29, 1.82) is 0 Å². The topological polar surface area (TPSA) is 58.6 Å². The zero-order chi connectivity index (χ0) is 15.7. The van der Waals surface area contributed by atoms with Gasteiger partial charge in [0.15, 0.2) is 0 Å². The normalized spacial score (nSPS) is 24.9. The van der Waals surface area contributed by atoms with Gasteiger partial charge in [-0.3, -0.25) is 9.59 Å². The molecule has 0 aromatic heterocycles. The third-order valence-corrected chi connectivity index (χ3v) is 4.05. The summed E-state index contributed by atoms with van der Waals surface area (Å²) in [5.41, 5.74) is 1.39. The van der Waals surface area contributed by atoms with Crippen molar-refractivity contribution in [3.8, 4) is 0 Å². The van der Waals surface area contributed by atoms with Crippen molar-refractivity contribution < 1.29 is 14.3 Å². The van der Waals surface area contributed by atoms with Gasteiger partial charge in [-0.1, -0.05) is 0 Å². The third kappa shape index (κ3) is 3.47. The summed E-state index contributed by atoms with van der Waals surface area (Å²) in [5, 5.41) is 2.88. The van der Waals surface area contributed by atoms with E-state index in [1.165, 1.54) is 0 Å². The van der Waals surface area contributed by atoms with Crippen LogP contribution in [0.2, 0.25) is 0 Å². The van der Waals surface area contributed by atoms with Gasteiger partial charge in [0.2, 0.25) is 5.91 Å². The van der Waals surface area contributed by atoms with Crippen molar-refractivity contribution in [2.24, 2.45) is 5.92 Å². The molecule has 2 atom stereocenters. The van der Waals surface area contributed by atoms with Crippen molar-refractivity contribution in [2.45, 2.75) is 38.9 Å². The van der Waals surface area contributed by atoms with Crippen LogP contribution in [0.3, 0.4) is 0 Å². The lowest BCUT2D eigenvalue weighted by Gasteiger charge is -2.35. The lowest BCUT2D eigenvalue weighted by atomic mass is 10.1. The second kappa shape index (κ2) is 6.08. The Kier molecular flexibility index (Phi) is 4.16. The van der Waals surface area contributed by atoms with Crippen LogP contribution in [0, 0.1) is 5.92 Å². The van der Waals surface area contributed by atoms with Crippen LogP contribution in [-0.2, 0) is 9.53 Å². The summed E-state index contributed by atoms with van der Waals surface area (Å²) in [6, 6.07) is 7.13. The molecule has 5 heteroatoms. The first kappa shape index (κ1) is 15.0. The van der Waals surface area contributed by atoms with E-state index in [-0.39, 0.29) is 29.9 Å². The Labute approximate surface area is 130 Å². The van der Waals surface area contributed by atoms with E-state index in [4.69, 9.17) is 4.74 Å². The van der Waals surface area contributed by atoms with Gasteiger partial charge in [-0.15, -0.1) is 0 Å². The molecule has 1 aromatic rings. The van der Waals surface area contributed by atoms with Gasteiger partial charge >= 0.3 is 0 Å². The van der Waals surface area contributed by atoms with Crippen molar-refractivity contribution in [3.05, 3.63) is 29.8 Å². The number of rotatable bonds is 3. The van der Waals surface area contributed by atoms with E-state index < -0.39 is 0 Å². The van der Waals surface area contributed by atoms with E-state index in [1.54, 1.807) is 24.3 Å². The average Bonchev–Trinajstić information content (AvgIpc) is 3.31. The minimum Gasteiger partial charge on any atom is -0.372 e. The molecule has 1 aliphatic heterocycles. The minimum atomic E-state index is 0.0158. The molecule has 0 spiro atoms. The number of ether oxygens (including phenoxy) is 1. The largest absolute Gasteiger partial charge is 0.372 e. The van der Waals surface area contributed by atoms with Gasteiger partial charge in [0.05, 0.1) is 12.2 Å². The molecule has 22 heavy (non-hydrogen) atoms. The molecule has 1 saturated carbocycles. The second-order valence-electron chi connectivity index (χ2n) is 6.31. The molecule has 5 nitrogen and oxygen atoms in total. The monoisotopic (exact) mass is 302 g/mol. The number of amides is 2. The van der Waals surface area contributed by atoms with Crippen LogP contribution in [0.4, 0.5) is 5.69 Å². The fourth-order valence-electron chi connectivity index (χ4n) is 2.81. The number of anilines is 1. The standard InChI is InChI=1S/C17H22N2O3/c1-11-9-19(10-12(2)22-11)17(21)14-5-7-15(8-6-14)18-16(20)13-3-4-13/h5-8,11-13H,3-4,9-10H2,1-2H3,(H,18,20)/t11-,12-/m1/s1. The summed E-state index contributed by atoms with van der Waals surface area (Å²) in [4.78, 5) is 26.1. The van der Waals surface area contributed by atoms with E-state index in [0.717, 1.165) is 18.5 Å². The van der Waals surface area contributed by atoms with Crippen molar-refractivity contribution in [1.82, 2.24) is 4.90 Å². The summed E-state index contributed by atoms with van der Waals surface area (Å²) in [6.07, 6.45) is 2.08. The van der Waals surface area contributed by atoms with Gasteiger partial charge in [-0.05, 0) is 51.0 Å². The Morgan fingerprint density at radius 3 is 2.23 bits per heavy atom. The number of carbonyl (C=O) groups excluding carboxylic acids is 2. The van der Waals surface area contributed by atoms with Crippen molar-refractivity contribution >= 4 is 17.5 Å². The molecule has 2 fully saturated rings. The molecule has 1 aromatic carbocycles. The molecule has 3 rings (SSSR count). The number of morpholine rings is 1. The number of hydrogen-bond donors (Lipinski definition) is 1. The second-order valence-corrected chi connectivity index (χ2v) is 6.31. The molecule has 1 N–H and O–H groups in total. The zero-order valence-electron chi connectivity index (χ0n) is 13.0. The third-order valence-electron chi connectivity index (χ3n) is 4.05. The van der Waals surface area contributed by atoms with Crippen LogP contribution in [0.1, 0.15) is 37.0 Å². The van der Waals surface area contributed by atoms with Crippen LogP contribution < -0.4 is 5.32 Å². The Bertz CT molecular complexity index is 556. The number of nitrogens with zero attached hydrogens (tertiary/aromatic N) is 1. The molecule has 0 radical (unpaired) electrons. The molecule has 2 amide bonds. The molecular weight excluding hydrogens is 280 g/mol. The van der Waals surface area contributed by atoms with Crippen molar-refractivity contribution in [3.63, 3.8) is 0 Å². The Hall–Kier alpha value is -1.88.